The molecule has 4 heteroatoms. The van der Waals surface area contributed by atoms with Crippen molar-refractivity contribution >= 4 is 28.9 Å². The van der Waals surface area contributed by atoms with Crippen LogP contribution in [0.4, 0.5) is 11.4 Å². The van der Waals surface area contributed by atoms with Gasteiger partial charge in [-0.1, -0.05) is 35.4 Å². The van der Waals surface area contributed by atoms with Crippen molar-refractivity contribution < 1.29 is 4.79 Å². The predicted octanol–water partition coefficient (Wildman–Crippen LogP) is 4.32. The number of hydrogen-bond donors (Lipinski definition) is 2. The molecule has 2 N–H and O–H groups in total. The second-order valence-corrected chi connectivity index (χ2v) is 5.61. The lowest BCUT2D eigenvalue weighted by Gasteiger charge is -2.12. The summed E-state index contributed by atoms with van der Waals surface area (Å²) in [4.78, 5) is 11.9. The maximum Gasteiger partial charge on any atom is 0.243 e. The number of nitrogens with one attached hydrogen (secondary N) is 2. The van der Waals surface area contributed by atoms with Gasteiger partial charge in [-0.25, -0.2) is 0 Å². The molecule has 0 spiro atoms. The Morgan fingerprint density at radius 2 is 1.71 bits per heavy atom. The SMILES string of the molecule is Cc1ccc(NC(=O)CNc2c(C)cc(C)cc2Cl)cc1. The summed E-state index contributed by atoms with van der Waals surface area (Å²) >= 11 is 6.20. The van der Waals surface area contributed by atoms with E-state index in [-0.39, 0.29) is 12.5 Å². The third-order valence-electron chi connectivity index (χ3n) is 3.19. The van der Waals surface area contributed by atoms with Crippen LogP contribution in [0.5, 0.6) is 0 Å². The number of hydrogen-bond acceptors (Lipinski definition) is 2. The Bertz CT molecular complexity index is 627. The molecule has 21 heavy (non-hydrogen) atoms. The molecule has 1 amide bonds. The Hall–Kier alpha value is -2.00. The summed E-state index contributed by atoms with van der Waals surface area (Å²) in [5.41, 5.74) is 4.89. The number of anilines is 2. The van der Waals surface area contributed by atoms with E-state index in [0.29, 0.717) is 5.02 Å². The molecule has 0 atom stereocenters. The van der Waals surface area contributed by atoms with Gasteiger partial charge in [-0.2, -0.15) is 0 Å². The Morgan fingerprint density at radius 3 is 2.33 bits per heavy atom. The van der Waals surface area contributed by atoms with E-state index in [9.17, 15) is 4.79 Å². The summed E-state index contributed by atoms with van der Waals surface area (Å²) in [5.74, 6) is -0.102. The van der Waals surface area contributed by atoms with Gasteiger partial charge in [0, 0.05) is 5.69 Å². The molecular formula is C17H19ClN2O. The van der Waals surface area contributed by atoms with Crippen molar-refractivity contribution in [2.75, 3.05) is 17.2 Å². The van der Waals surface area contributed by atoms with Gasteiger partial charge in [0.25, 0.3) is 0 Å². The molecule has 0 radical (unpaired) electrons. The minimum atomic E-state index is -0.102. The molecule has 2 aromatic carbocycles. The fourth-order valence-corrected chi connectivity index (χ4v) is 2.54. The van der Waals surface area contributed by atoms with E-state index in [0.717, 1.165) is 28.1 Å². The predicted molar refractivity (Wildman–Crippen MR) is 89.2 cm³/mol. The molecule has 0 aromatic heterocycles. The van der Waals surface area contributed by atoms with Crippen LogP contribution in [0.2, 0.25) is 5.02 Å². The minimum absolute atomic E-state index is 0.102. The number of carbonyl (C=O) groups is 1. The first-order valence-electron chi connectivity index (χ1n) is 6.83. The number of carbonyl (C=O) groups excluding carboxylic acids is 1. The molecule has 0 aliphatic carbocycles. The molecule has 0 heterocycles. The summed E-state index contributed by atoms with van der Waals surface area (Å²) in [6.45, 7) is 6.15. The van der Waals surface area contributed by atoms with Crippen LogP contribution in [0.1, 0.15) is 16.7 Å². The van der Waals surface area contributed by atoms with Gasteiger partial charge in [-0.15, -0.1) is 0 Å². The molecule has 2 aromatic rings. The maximum absolute atomic E-state index is 11.9. The summed E-state index contributed by atoms with van der Waals surface area (Å²) < 4.78 is 0. The molecule has 2 rings (SSSR count). The number of amides is 1. The summed E-state index contributed by atoms with van der Waals surface area (Å²) in [6, 6.07) is 11.6. The van der Waals surface area contributed by atoms with Crippen molar-refractivity contribution in [2.45, 2.75) is 20.8 Å². The molecular weight excluding hydrogens is 284 g/mol. The quantitative estimate of drug-likeness (QED) is 0.883. The highest BCUT2D eigenvalue weighted by Crippen LogP contribution is 2.27. The van der Waals surface area contributed by atoms with E-state index < -0.39 is 0 Å². The molecule has 3 nitrogen and oxygen atoms in total. The first-order valence-corrected chi connectivity index (χ1v) is 7.20. The molecule has 0 fully saturated rings. The van der Waals surface area contributed by atoms with Crippen molar-refractivity contribution in [3.8, 4) is 0 Å². The van der Waals surface area contributed by atoms with Gasteiger partial charge in [-0.3, -0.25) is 4.79 Å². The summed E-state index contributed by atoms with van der Waals surface area (Å²) in [7, 11) is 0. The summed E-state index contributed by atoms with van der Waals surface area (Å²) in [5, 5.41) is 6.58. The summed E-state index contributed by atoms with van der Waals surface area (Å²) in [6.07, 6.45) is 0. The lowest BCUT2D eigenvalue weighted by molar-refractivity contribution is -0.114. The van der Waals surface area contributed by atoms with Gasteiger partial charge in [0.2, 0.25) is 5.91 Å². The van der Waals surface area contributed by atoms with Crippen LogP contribution in [-0.2, 0) is 4.79 Å². The maximum atomic E-state index is 11.9. The van der Waals surface area contributed by atoms with Crippen molar-refractivity contribution in [3.05, 3.63) is 58.1 Å². The normalized spacial score (nSPS) is 10.3. The molecule has 110 valence electrons. The molecule has 0 aliphatic rings. The highest BCUT2D eigenvalue weighted by atomic mass is 35.5. The number of benzene rings is 2. The monoisotopic (exact) mass is 302 g/mol. The van der Waals surface area contributed by atoms with Crippen molar-refractivity contribution in [3.63, 3.8) is 0 Å². The van der Waals surface area contributed by atoms with E-state index in [1.807, 2.05) is 57.2 Å². The van der Waals surface area contributed by atoms with Crippen LogP contribution in [-0.4, -0.2) is 12.5 Å². The van der Waals surface area contributed by atoms with E-state index in [1.54, 1.807) is 0 Å². The highest BCUT2D eigenvalue weighted by molar-refractivity contribution is 6.33. The number of aryl methyl sites for hydroxylation is 3. The standard InChI is InChI=1S/C17H19ClN2O/c1-11-4-6-14(7-5-11)20-16(21)10-19-17-13(3)8-12(2)9-15(17)18/h4-9,19H,10H2,1-3H3,(H,20,21). The molecule has 0 aliphatic heterocycles. The van der Waals surface area contributed by atoms with Gasteiger partial charge in [0.1, 0.15) is 0 Å². The van der Waals surface area contributed by atoms with Gasteiger partial charge >= 0.3 is 0 Å². The third-order valence-corrected chi connectivity index (χ3v) is 3.49. The van der Waals surface area contributed by atoms with Gasteiger partial charge < -0.3 is 10.6 Å². The Morgan fingerprint density at radius 1 is 1.05 bits per heavy atom. The van der Waals surface area contributed by atoms with Crippen LogP contribution in [0.15, 0.2) is 36.4 Å². The number of halogens is 1. The Balaban J connectivity index is 1.97. The van der Waals surface area contributed by atoms with E-state index in [2.05, 4.69) is 10.6 Å². The Labute approximate surface area is 130 Å². The van der Waals surface area contributed by atoms with Crippen LogP contribution >= 0.6 is 11.6 Å². The highest BCUT2D eigenvalue weighted by Gasteiger charge is 2.07. The molecule has 0 saturated heterocycles. The van der Waals surface area contributed by atoms with Crippen LogP contribution < -0.4 is 10.6 Å². The van der Waals surface area contributed by atoms with Crippen molar-refractivity contribution in [1.82, 2.24) is 0 Å². The van der Waals surface area contributed by atoms with Crippen LogP contribution in [0.3, 0.4) is 0 Å². The van der Waals surface area contributed by atoms with E-state index >= 15 is 0 Å². The first-order chi connectivity index (χ1) is 9.95. The lowest BCUT2D eigenvalue weighted by Crippen LogP contribution is -2.22. The molecule has 0 unspecified atom stereocenters. The zero-order valence-electron chi connectivity index (χ0n) is 12.5. The van der Waals surface area contributed by atoms with E-state index in [1.165, 1.54) is 0 Å². The second-order valence-electron chi connectivity index (χ2n) is 5.21. The zero-order valence-corrected chi connectivity index (χ0v) is 13.2. The zero-order chi connectivity index (χ0) is 15.4. The van der Waals surface area contributed by atoms with Gasteiger partial charge in [0.05, 0.1) is 17.3 Å². The largest absolute Gasteiger partial charge is 0.375 e. The fourth-order valence-electron chi connectivity index (χ4n) is 2.15. The van der Waals surface area contributed by atoms with Gasteiger partial charge in [0.15, 0.2) is 0 Å². The number of rotatable bonds is 4. The van der Waals surface area contributed by atoms with Gasteiger partial charge in [-0.05, 0) is 50.1 Å². The smallest absolute Gasteiger partial charge is 0.243 e. The third kappa shape index (κ3) is 4.23. The second kappa shape index (κ2) is 6.64. The lowest BCUT2D eigenvalue weighted by atomic mass is 10.1. The first kappa shape index (κ1) is 15.4. The minimum Gasteiger partial charge on any atom is -0.375 e. The fraction of sp³-hybridized carbons (Fsp3) is 0.235. The van der Waals surface area contributed by atoms with Crippen molar-refractivity contribution in [1.29, 1.82) is 0 Å². The topological polar surface area (TPSA) is 41.1 Å². The van der Waals surface area contributed by atoms with Crippen LogP contribution in [0.25, 0.3) is 0 Å². The van der Waals surface area contributed by atoms with Crippen molar-refractivity contribution in [2.24, 2.45) is 0 Å². The van der Waals surface area contributed by atoms with Crippen LogP contribution in [0, 0.1) is 20.8 Å². The van der Waals surface area contributed by atoms with E-state index in [4.69, 9.17) is 11.6 Å². The average Bonchev–Trinajstić information content (AvgIpc) is 2.40. The molecule has 0 bridgehead atoms. The average molecular weight is 303 g/mol. The Kier molecular flexibility index (Phi) is 4.86. The molecule has 0 saturated carbocycles.